The van der Waals surface area contributed by atoms with E-state index in [1.54, 1.807) is 12.1 Å². The van der Waals surface area contributed by atoms with Gasteiger partial charge < -0.3 is 26.3 Å². The Kier molecular flexibility index (Phi) is 10.0. The van der Waals surface area contributed by atoms with Gasteiger partial charge in [0.15, 0.2) is 0 Å². The second-order valence-electron chi connectivity index (χ2n) is 11.7. The Hall–Kier alpha value is -4.54. The van der Waals surface area contributed by atoms with Crippen LogP contribution in [0.1, 0.15) is 67.4 Å². The Morgan fingerprint density at radius 1 is 0.886 bits per heavy atom. The molecule has 1 saturated carbocycles. The molecule has 1 unspecified atom stereocenters. The normalized spacial score (nSPS) is 18.6. The Labute approximate surface area is 254 Å². The van der Waals surface area contributed by atoms with Crippen molar-refractivity contribution in [2.45, 2.75) is 75.9 Å². The van der Waals surface area contributed by atoms with Crippen LogP contribution >= 0.6 is 0 Å². The molecule has 0 bridgehead atoms. The quantitative estimate of drug-likeness (QED) is 0.214. The molecule has 2 aliphatic rings. The first kappa shape index (κ1) is 30.9. The summed E-state index contributed by atoms with van der Waals surface area (Å²) in [6.45, 7) is 0.536. The number of carbonyl (C=O) groups excluding carboxylic acids is 5. The molecule has 1 saturated heterocycles. The van der Waals surface area contributed by atoms with Gasteiger partial charge in [0.1, 0.15) is 17.6 Å². The van der Waals surface area contributed by atoms with Crippen molar-refractivity contribution in [3.63, 3.8) is 0 Å². The molecular formula is C33H38FN5O5. The molecular weight excluding hydrogens is 565 g/mol. The minimum Gasteiger partial charge on any atom is -0.356 e. The molecule has 2 aromatic carbocycles. The van der Waals surface area contributed by atoms with Gasteiger partial charge in [0.2, 0.25) is 17.6 Å². The fourth-order valence-corrected chi connectivity index (χ4v) is 6.03. The second-order valence-corrected chi connectivity index (χ2v) is 11.7. The summed E-state index contributed by atoms with van der Waals surface area (Å²) in [6.07, 6.45) is 5.91. The van der Waals surface area contributed by atoms with Crippen LogP contribution in [0.2, 0.25) is 0 Å². The third-order valence-corrected chi connectivity index (χ3v) is 8.45. The number of fused-ring (bicyclic) bond motifs is 1. The predicted octanol–water partition coefficient (Wildman–Crippen LogP) is 3.07. The first-order valence-electron chi connectivity index (χ1n) is 15.3. The zero-order valence-electron chi connectivity index (χ0n) is 24.5. The number of ketones is 1. The van der Waals surface area contributed by atoms with Crippen LogP contribution in [0.5, 0.6) is 0 Å². The van der Waals surface area contributed by atoms with Gasteiger partial charge in [0.05, 0.1) is 6.04 Å². The molecule has 1 aromatic heterocycles. The average Bonchev–Trinajstić information content (AvgIpc) is 3.45. The van der Waals surface area contributed by atoms with Crippen molar-refractivity contribution < 1.29 is 28.4 Å². The van der Waals surface area contributed by atoms with E-state index in [0.717, 1.165) is 44.1 Å². The number of halogens is 1. The fraction of sp³-hybridized carbons (Fsp3) is 0.424. The van der Waals surface area contributed by atoms with Crippen molar-refractivity contribution in [3.8, 4) is 0 Å². The minimum absolute atomic E-state index is 0.0337. The van der Waals surface area contributed by atoms with E-state index in [4.69, 9.17) is 0 Å². The van der Waals surface area contributed by atoms with Crippen molar-refractivity contribution in [2.75, 3.05) is 6.54 Å². The van der Waals surface area contributed by atoms with Crippen molar-refractivity contribution in [2.24, 2.45) is 5.92 Å². The molecule has 3 aromatic rings. The molecule has 3 atom stereocenters. The molecule has 4 amide bonds. The van der Waals surface area contributed by atoms with E-state index < -0.39 is 47.3 Å². The largest absolute Gasteiger partial charge is 0.356 e. The number of piperidine rings is 1. The van der Waals surface area contributed by atoms with Crippen molar-refractivity contribution in [3.05, 3.63) is 71.7 Å². The van der Waals surface area contributed by atoms with Gasteiger partial charge in [-0.15, -0.1) is 0 Å². The monoisotopic (exact) mass is 603 g/mol. The van der Waals surface area contributed by atoms with E-state index in [-0.39, 0.29) is 30.5 Å². The Balaban J connectivity index is 1.36. The standard InChI is InChI=1S/C33H38FN5O5/c34-23-14-13-21-17-28(37-25(21)19-23)32(43)39-27(16-20-8-3-1-4-9-20)31(42)38-26(18-22-10-7-15-35-30(22)41)29(40)33(44)36-24-11-5-2-6-12-24/h1,3-4,8-9,13-14,17,19,22,24,26-27,37H,2,5-7,10-12,15-16,18H2,(H,35,41)(H,36,44)(H,38,42)(H,39,43)/t22-,26?,27-/m0/s1. The molecule has 0 spiro atoms. The van der Waals surface area contributed by atoms with Gasteiger partial charge in [-0.1, -0.05) is 49.6 Å². The van der Waals surface area contributed by atoms with Crippen LogP contribution in [-0.4, -0.2) is 59.1 Å². The number of hydrogen-bond acceptors (Lipinski definition) is 5. The number of nitrogens with one attached hydrogen (secondary N) is 5. The number of amides is 4. The molecule has 1 aliphatic carbocycles. The van der Waals surface area contributed by atoms with Gasteiger partial charge in [0.25, 0.3) is 11.8 Å². The summed E-state index contributed by atoms with van der Waals surface area (Å²) >= 11 is 0. The average molecular weight is 604 g/mol. The van der Waals surface area contributed by atoms with Gasteiger partial charge in [-0.05, 0) is 61.9 Å². The molecule has 2 fully saturated rings. The fourth-order valence-electron chi connectivity index (χ4n) is 6.03. The first-order valence-corrected chi connectivity index (χ1v) is 15.3. The Morgan fingerprint density at radius 3 is 2.41 bits per heavy atom. The molecule has 11 heteroatoms. The Morgan fingerprint density at radius 2 is 1.66 bits per heavy atom. The molecule has 5 rings (SSSR count). The maximum atomic E-state index is 13.8. The number of benzene rings is 2. The highest BCUT2D eigenvalue weighted by molar-refractivity contribution is 6.38. The zero-order valence-corrected chi connectivity index (χ0v) is 24.5. The predicted molar refractivity (Wildman–Crippen MR) is 162 cm³/mol. The summed E-state index contributed by atoms with van der Waals surface area (Å²) in [5.41, 5.74) is 1.32. The number of aromatic amines is 1. The summed E-state index contributed by atoms with van der Waals surface area (Å²) in [5.74, 6) is -4.08. The third kappa shape index (κ3) is 7.89. The molecule has 5 N–H and O–H groups in total. The van der Waals surface area contributed by atoms with E-state index in [0.29, 0.717) is 23.9 Å². The highest BCUT2D eigenvalue weighted by atomic mass is 19.1. The number of hydrogen-bond donors (Lipinski definition) is 5. The number of carbonyl (C=O) groups is 5. The van der Waals surface area contributed by atoms with Gasteiger partial charge in [-0.2, -0.15) is 0 Å². The van der Waals surface area contributed by atoms with Crippen molar-refractivity contribution >= 4 is 40.3 Å². The van der Waals surface area contributed by atoms with Crippen LogP contribution in [0.4, 0.5) is 4.39 Å². The van der Waals surface area contributed by atoms with Gasteiger partial charge in [0, 0.05) is 35.8 Å². The van der Waals surface area contributed by atoms with Crippen LogP contribution < -0.4 is 21.3 Å². The van der Waals surface area contributed by atoms with Gasteiger partial charge in [-0.25, -0.2) is 4.39 Å². The van der Waals surface area contributed by atoms with E-state index >= 15 is 0 Å². The third-order valence-electron chi connectivity index (χ3n) is 8.45. The highest BCUT2D eigenvalue weighted by Gasteiger charge is 2.35. The SMILES string of the molecule is O=C(NC1CCCCC1)C(=O)C(C[C@@H]1CCCNC1=O)NC(=O)[C@H](Cc1ccccc1)NC(=O)c1cc2ccc(F)cc2[nH]1. The number of Topliss-reactive ketones (excluding diaryl/α,β-unsaturated/α-hetero) is 1. The summed E-state index contributed by atoms with van der Waals surface area (Å²) < 4.78 is 13.7. The van der Waals surface area contributed by atoms with Crippen LogP contribution in [-0.2, 0) is 25.6 Å². The van der Waals surface area contributed by atoms with Crippen molar-refractivity contribution in [1.29, 1.82) is 0 Å². The summed E-state index contributed by atoms with van der Waals surface area (Å²) in [7, 11) is 0. The lowest BCUT2D eigenvalue weighted by atomic mass is 9.89. The van der Waals surface area contributed by atoms with E-state index in [2.05, 4.69) is 26.3 Å². The van der Waals surface area contributed by atoms with Crippen LogP contribution in [0.15, 0.2) is 54.6 Å². The summed E-state index contributed by atoms with van der Waals surface area (Å²) in [4.78, 5) is 69.2. The summed E-state index contributed by atoms with van der Waals surface area (Å²) in [6, 6.07) is 12.2. The van der Waals surface area contributed by atoms with E-state index in [9.17, 15) is 28.4 Å². The topological polar surface area (TPSA) is 149 Å². The van der Waals surface area contributed by atoms with Crippen LogP contribution in [0, 0.1) is 11.7 Å². The smallest absolute Gasteiger partial charge is 0.289 e. The Bertz CT molecular complexity index is 1520. The summed E-state index contributed by atoms with van der Waals surface area (Å²) in [5, 5.41) is 11.7. The molecule has 1 aliphatic heterocycles. The first-order chi connectivity index (χ1) is 21.3. The molecule has 0 radical (unpaired) electrons. The zero-order chi connectivity index (χ0) is 31.1. The molecule has 232 valence electrons. The number of aromatic nitrogens is 1. The van der Waals surface area contributed by atoms with Crippen LogP contribution in [0.3, 0.4) is 0 Å². The van der Waals surface area contributed by atoms with Gasteiger partial charge >= 0.3 is 0 Å². The molecule has 10 nitrogen and oxygen atoms in total. The van der Waals surface area contributed by atoms with Crippen LogP contribution in [0.25, 0.3) is 10.9 Å². The van der Waals surface area contributed by atoms with Gasteiger partial charge in [-0.3, -0.25) is 24.0 Å². The maximum absolute atomic E-state index is 13.8. The number of rotatable bonds is 11. The maximum Gasteiger partial charge on any atom is 0.289 e. The van der Waals surface area contributed by atoms with Crippen molar-refractivity contribution in [1.82, 2.24) is 26.3 Å². The highest BCUT2D eigenvalue weighted by Crippen LogP contribution is 2.21. The van der Waals surface area contributed by atoms with E-state index in [1.807, 2.05) is 30.3 Å². The lowest BCUT2D eigenvalue weighted by Gasteiger charge is -2.28. The van der Waals surface area contributed by atoms with E-state index in [1.165, 1.54) is 12.1 Å². The second kappa shape index (κ2) is 14.3. The molecule has 44 heavy (non-hydrogen) atoms. The number of H-pyrrole nitrogens is 1. The lowest BCUT2D eigenvalue weighted by molar-refractivity contribution is -0.141. The molecule has 2 heterocycles. The lowest BCUT2D eigenvalue weighted by Crippen LogP contribution is -2.56. The minimum atomic E-state index is -1.26.